The molecular weight excluding hydrogens is 451 g/mol. The molecule has 0 unspecified atom stereocenters. The highest BCUT2D eigenvalue weighted by molar-refractivity contribution is 6.04. The van der Waals surface area contributed by atoms with Crippen molar-refractivity contribution in [3.05, 3.63) is 77.0 Å². The summed E-state index contributed by atoms with van der Waals surface area (Å²) in [6, 6.07) is 12.8. The van der Waals surface area contributed by atoms with Crippen molar-refractivity contribution in [2.45, 2.75) is 57.8 Å². The molecule has 2 atom stereocenters. The number of ketones is 1. The van der Waals surface area contributed by atoms with Crippen LogP contribution < -0.4 is 0 Å². The van der Waals surface area contributed by atoms with Crippen LogP contribution in [0.5, 0.6) is 0 Å². The molecule has 1 aromatic carbocycles. The van der Waals surface area contributed by atoms with Crippen LogP contribution in [0, 0.1) is 28.5 Å². The first-order valence-electron chi connectivity index (χ1n) is 12.5. The average molecular weight is 479 g/mol. The van der Waals surface area contributed by atoms with E-state index in [1.807, 2.05) is 32.0 Å². The van der Waals surface area contributed by atoms with E-state index in [-0.39, 0.29) is 23.1 Å². The maximum absolute atomic E-state index is 15.1. The summed E-state index contributed by atoms with van der Waals surface area (Å²) in [6.45, 7) is 5.92. The maximum atomic E-state index is 15.1. The normalized spacial score (nSPS) is 24.4. The minimum absolute atomic E-state index is 0.0437. The lowest BCUT2D eigenvalue weighted by Gasteiger charge is -2.50. The number of carbonyl (C=O) groups excluding carboxylic acids is 1. The second-order valence-corrected chi connectivity index (χ2v) is 11.0. The monoisotopic (exact) mass is 478 g/mol. The Kier molecular flexibility index (Phi) is 4.98. The van der Waals surface area contributed by atoms with Crippen LogP contribution in [-0.2, 0) is 16.6 Å². The van der Waals surface area contributed by atoms with Crippen LogP contribution in [0.2, 0.25) is 0 Å². The quantitative estimate of drug-likeness (QED) is 0.454. The Labute approximate surface area is 210 Å². The maximum Gasteiger partial charge on any atom is 0.178 e. The first-order chi connectivity index (χ1) is 17.2. The fourth-order valence-corrected chi connectivity index (χ4v) is 6.35. The van der Waals surface area contributed by atoms with Crippen molar-refractivity contribution in [2.75, 3.05) is 0 Å². The van der Waals surface area contributed by atoms with Crippen molar-refractivity contribution in [1.82, 2.24) is 15.0 Å². The fraction of sp³-hybridized carbons (Fsp3) is 0.367. The molecule has 3 aliphatic carbocycles. The Balaban J connectivity index is 1.64. The number of fused-ring (bicyclic) bond motifs is 3. The SMILES string of the molecule is CC1(C)C(=O)C(C#N)=C[C@@]2(C)c3nc(-c4ccnc(C5CC5)c4)nc(-c4ccccc4F)c3CC[C@H]12. The van der Waals surface area contributed by atoms with Gasteiger partial charge in [0.25, 0.3) is 0 Å². The number of allylic oxidation sites excluding steroid dienone is 2. The van der Waals surface area contributed by atoms with Crippen molar-refractivity contribution in [1.29, 1.82) is 5.26 Å². The van der Waals surface area contributed by atoms with Crippen LogP contribution in [-0.4, -0.2) is 20.7 Å². The lowest BCUT2D eigenvalue weighted by Crippen LogP contribution is -2.51. The second-order valence-electron chi connectivity index (χ2n) is 11.0. The summed E-state index contributed by atoms with van der Waals surface area (Å²) in [5.74, 6) is 0.486. The Morgan fingerprint density at radius 1 is 1.08 bits per heavy atom. The number of rotatable bonds is 3. The van der Waals surface area contributed by atoms with Gasteiger partial charge in [-0.3, -0.25) is 9.78 Å². The number of nitriles is 1. The van der Waals surface area contributed by atoms with Gasteiger partial charge in [0.05, 0.1) is 17.0 Å². The van der Waals surface area contributed by atoms with E-state index in [0.717, 1.165) is 41.8 Å². The van der Waals surface area contributed by atoms with Crippen LogP contribution >= 0.6 is 0 Å². The van der Waals surface area contributed by atoms with Gasteiger partial charge in [0, 0.05) is 45.3 Å². The predicted molar refractivity (Wildman–Crippen MR) is 134 cm³/mol. The highest BCUT2D eigenvalue weighted by atomic mass is 19.1. The van der Waals surface area contributed by atoms with Gasteiger partial charge in [-0.1, -0.05) is 39.0 Å². The molecule has 0 N–H and O–H groups in total. The Bertz CT molecular complexity index is 1500. The predicted octanol–water partition coefficient (Wildman–Crippen LogP) is 6.10. The van der Waals surface area contributed by atoms with Crippen LogP contribution in [0.1, 0.15) is 62.9 Å². The van der Waals surface area contributed by atoms with E-state index >= 15 is 4.39 Å². The first-order valence-corrected chi connectivity index (χ1v) is 12.5. The number of nitrogens with zero attached hydrogens (tertiary/aromatic N) is 4. The van der Waals surface area contributed by atoms with E-state index < -0.39 is 10.8 Å². The zero-order valence-corrected chi connectivity index (χ0v) is 20.7. The topological polar surface area (TPSA) is 79.5 Å². The van der Waals surface area contributed by atoms with Crippen LogP contribution in [0.15, 0.2) is 54.2 Å². The molecule has 1 fully saturated rings. The lowest BCUT2D eigenvalue weighted by molar-refractivity contribution is -0.128. The van der Waals surface area contributed by atoms with Gasteiger partial charge in [-0.15, -0.1) is 0 Å². The molecule has 3 aromatic rings. The largest absolute Gasteiger partial charge is 0.293 e. The Hall–Kier alpha value is -3.72. The third-order valence-corrected chi connectivity index (χ3v) is 8.35. The molecular formula is C30H27FN4O. The van der Waals surface area contributed by atoms with Gasteiger partial charge in [0.2, 0.25) is 0 Å². The summed E-state index contributed by atoms with van der Waals surface area (Å²) in [5.41, 5.74) is 3.34. The number of pyridine rings is 1. The number of hydrogen-bond acceptors (Lipinski definition) is 5. The number of hydrogen-bond donors (Lipinski definition) is 0. The summed E-state index contributed by atoms with van der Waals surface area (Å²) in [4.78, 5) is 27.7. The van der Waals surface area contributed by atoms with Gasteiger partial charge >= 0.3 is 0 Å². The lowest BCUT2D eigenvalue weighted by atomic mass is 9.52. The molecule has 0 bridgehead atoms. The minimum Gasteiger partial charge on any atom is -0.293 e. The van der Waals surface area contributed by atoms with Gasteiger partial charge in [-0.25, -0.2) is 14.4 Å². The van der Waals surface area contributed by atoms with Gasteiger partial charge < -0.3 is 0 Å². The highest BCUT2D eigenvalue weighted by Gasteiger charge is 2.55. The third kappa shape index (κ3) is 3.33. The van der Waals surface area contributed by atoms with E-state index in [9.17, 15) is 10.1 Å². The van der Waals surface area contributed by atoms with E-state index in [2.05, 4.69) is 18.0 Å². The summed E-state index contributed by atoms with van der Waals surface area (Å²) in [6.07, 6.45) is 7.21. The summed E-state index contributed by atoms with van der Waals surface area (Å²) >= 11 is 0. The molecule has 180 valence electrons. The average Bonchev–Trinajstić information content (AvgIpc) is 3.72. The molecule has 1 saturated carbocycles. The van der Waals surface area contributed by atoms with Crippen molar-refractivity contribution in [3.8, 4) is 28.7 Å². The molecule has 2 aromatic heterocycles. The van der Waals surface area contributed by atoms with E-state index in [4.69, 9.17) is 9.97 Å². The number of carbonyl (C=O) groups is 1. The number of aromatic nitrogens is 3. The smallest absolute Gasteiger partial charge is 0.178 e. The zero-order valence-electron chi connectivity index (χ0n) is 20.7. The summed E-state index contributed by atoms with van der Waals surface area (Å²) in [7, 11) is 0. The van der Waals surface area contributed by atoms with Gasteiger partial charge in [0.1, 0.15) is 11.9 Å². The Morgan fingerprint density at radius 3 is 2.58 bits per heavy atom. The van der Waals surface area contributed by atoms with Crippen molar-refractivity contribution >= 4 is 5.78 Å². The highest BCUT2D eigenvalue weighted by Crippen LogP contribution is 2.55. The van der Waals surface area contributed by atoms with Crippen molar-refractivity contribution < 1.29 is 9.18 Å². The molecule has 0 spiro atoms. The molecule has 6 rings (SSSR count). The fourth-order valence-electron chi connectivity index (χ4n) is 6.35. The molecule has 0 saturated heterocycles. The van der Waals surface area contributed by atoms with Crippen molar-refractivity contribution in [3.63, 3.8) is 0 Å². The number of halogens is 1. The molecule has 0 amide bonds. The number of benzene rings is 1. The molecule has 36 heavy (non-hydrogen) atoms. The van der Waals surface area contributed by atoms with Crippen LogP contribution in [0.25, 0.3) is 22.6 Å². The summed E-state index contributed by atoms with van der Waals surface area (Å²) in [5, 5.41) is 9.81. The van der Waals surface area contributed by atoms with Crippen LogP contribution in [0.4, 0.5) is 4.39 Å². The molecule has 3 aliphatic rings. The molecule has 0 aliphatic heterocycles. The second kappa shape index (κ2) is 7.89. The zero-order chi connectivity index (χ0) is 25.2. The third-order valence-electron chi connectivity index (χ3n) is 8.35. The first kappa shape index (κ1) is 22.7. The van der Waals surface area contributed by atoms with Crippen molar-refractivity contribution in [2.24, 2.45) is 11.3 Å². The standard InChI is InChI=1S/C30H27FN4O/c1-29(2)24-11-10-21-25(20-6-4-5-7-22(20)31)34-28(18-12-13-33-23(14-18)17-8-9-17)35-26(21)30(24,3)15-19(16-32)27(29)36/h4-7,12-15,17,24H,8-11H2,1-3H3/t24-,30-/m1/s1. The van der Waals surface area contributed by atoms with Crippen LogP contribution in [0.3, 0.4) is 0 Å². The molecule has 2 heterocycles. The minimum atomic E-state index is -0.717. The van der Waals surface area contributed by atoms with E-state index in [0.29, 0.717) is 29.4 Å². The van der Waals surface area contributed by atoms with E-state index in [1.54, 1.807) is 24.4 Å². The Morgan fingerprint density at radius 2 is 1.86 bits per heavy atom. The number of Topliss-reactive ketones (excluding diaryl/α,β-unsaturated/α-hetero) is 1. The van der Waals surface area contributed by atoms with Gasteiger partial charge in [-0.05, 0) is 55.9 Å². The summed E-state index contributed by atoms with van der Waals surface area (Å²) < 4.78 is 15.1. The molecule has 0 radical (unpaired) electrons. The van der Waals surface area contributed by atoms with E-state index in [1.165, 1.54) is 6.07 Å². The van der Waals surface area contributed by atoms with Gasteiger partial charge in [0.15, 0.2) is 11.6 Å². The molecule has 5 nitrogen and oxygen atoms in total. The molecule has 6 heteroatoms. The van der Waals surface area contributed by atoms with Gasteiger partial charge in [-0.2, -0.15) is 5.26 Å².